The van der Waals surface area contributed by atoms with Gasteiger partial charge in [0.05, 0.1) is 6.54 Å². The number of aliphatic imine (C=N–C) groups is 1. The third kappa shape index (κ3) is 1.94. The summed E-state index contributed by atoms with van der Waals surface area (Å²) in [5.41, 5.74) is 4.51. The summed E-state index contributed by atoms with van der Waals surface area (Å²) in [6.45, 7) is 6.08. The van der Waals surface area contributed by atoms with Crippen LogP contribution in [0.5, 0.6) is 0 Å². The average Bonchev–Trinajstić information content (AvgIpc) is 2.64. The van der Waals surface area contributed by atoms with E-state index in [1.807, 2.05) is 13.8 Å². The van der Waals surface area contributed by atoms with E-state index in [9.17, 15) is 4.39 Å². The first-order valence-corrected chi connectivity index (χ1v) is 5.47. The van der Waals surface area contributed by atoms with Crippen LogP contribution < -0.4 is 0 Å². The molecule has 2 rings (SSSR count). The van der Waals surface area contributed by atoms with Crippen LogP contribution in [-0.2, 0) is 4.74 Å². The first-order chi connectivity index (χ1) is 7.61. The first kappa shape index (κ1) is 11.1. The van der Waals surface area contributed by atoms with Crippen LogP contribution in [-0.4, -0.2) is 25.2 Å². The van der Waals surface area contributed by atoms with E-state index in [1.165, 1.54) is 5.56 Å². The normalized spacial score (nSPS) is 19.5. The lowest BCUT2D eigenvalue weighted by atomic mass is 10.00. The summed E-state index contributed by atoms with van der Waals surface area (Å²) in [6, 6.07) is 4.19. The number of ether oxygens (including phenoxy) is 1. The predicted molar refractivity (Wildman–Crippen MR) is 62.9 cm³/mol. The second-order valence-corrected chi connectivity index (χ2v) is 4.31. The van der Waals surface area contributed by atoms with Crippen LogP contribution in [0.3, 0.4) is 0 Å². The second-order valence-electron chi connectivity index (χ2n) is 4.31. The van der Waals surface area contributed by atoms with Gasteiger partial charge in [-0.25, -0.2) is 9.38 Å². The predicted octanol–water partition coefficient (Wildman–Crippen LogP) is 2.73. The number of nitrogens with zero attached hydrogens (tertiary/aromatic N) is 1. The van der Waals surface area contributed by atoms with Crippen molar-refractivity contribution in [2.45, 2.75) is 26.9 Å². The molecular weight excluding hydrogens is 205 g/mol. The topological polar surface area (TPSA) is 21.6 Å². The van der Waals surface area contributed by atoms with Crippen LogP contribution in [0, 0.1) is 20.8 Å². The van der Waals surface area contributed by atoms with Crippen LogP contribution in [0.2, 0.25) is 0 Å². The van der Waals surface area contributed by atoms with Gasteiger partial charge in [0.25, 0.3) is 0 Å². The summed E-state index contributed by atoms with van der Waals surface area (Å²) in [5, 5.41) is 0. The fourth-order valence-corrected chi connectivity index (χ4v) is 2.15. The highest BCUT2D eigenvalue weighted by atomic mass is 19.1. The third-order valence-corrected chi connectivity index (χ3v) is 2.78. The summed E-state index contributed by atoms with van der Waals surface area (Å²) < 4.78 is 17.9. The van der Waals surface area contributed by atoms with E-state index in [-0.39, 0.29) is 0 Å². The fraction of sp³-hybridized carbons (Fsp3) is 0.462. The summed E-state index contributed by atoms with van der Waals surface area (Å²) >= 11 is 0. The number of alkyl halides is 1. The molecular formula is C13H16FNO. The molecule has 0 amide bonds. The molecule has 0 radical (unpaired) electrons. The van der Waals surface area contributed by atoms with Gasteiger partial charge in [0.1, 0.15) is 12.8 Å². The number of hydrogen-bond acceptors (Lipinski definition) is 2. The monoisotopic (exact) mass is 221 g/mol. The van der Waals surface area contributed by atoms with Gasteiger partial charge in [-0.1, -0.05) is 17.7 Å². The minimum absolute atomic E-state index is 0.393. The molecule has 0 aliphatic carbocycles. The van der Waals surface area contributed by atoms with Crippen molar-refractivity contribution in [1.29, 1.82) is 0 Å². The number of rotatable bonds is 2. The van der Waals surface area contributed by atoms with Gasteiger partial charge in [0, 0.05) is 5.56 Å². The van der Waals surface area contributed by atoms with Gasteiger partial charge in [0.2, 0.25) is 5.90 Å². The molecule has 0 N–H and O–H groups in total. The fourth-order valence-electron chi connectivity index (χ4n) is 2.15. The van der Waals surface area contributed by atoms with E-state index in [1.54, 1.807) is 0 Å². The highest BCUT2D eigenvalue weighted by Gasteiger charge is 2.23. The third-order valence-electron chi connectivity index (χ3n) is 2.78. The van der Waals surface area contributed by atoms with Gasteiger partial charge in [0.15, 0.2) is 0 Å². The van der Waals surface area contributed by atoms with E-state index in [2.05, 4.69) is 24.0 Å². The number of hydrogen-bond donors (Lipinski definition) is 0. The van der Waals surface area contributed by atoms with E-state index in [0.717, 1.165) is 16.7 Å². The molecule has 3 heteroatoms. The van der Waals surface area contributed by atoms with Gasteiger partial charge in [-0.15, -0.1) is 0 Å². The molecule has 0 aromatic heterocycles. The van der Waals surface area contributed by atoms with Gasteiger partial charge < -0.3 is 4.74 Å². The van der Waals surface area contributed by atoms with Crippen LogP contribution >= 0.6 is 0 Å². The van der Waals surface area contributed by atoms with Crippen molar-refractivity contribution in [3.05, 3.63) is 34.4 Å². The lowest BCUT2D eigenvalue weighted by Crippen LogP contribution is -2.16. The Morgan fingerprint density at radius 1 is 1.31 bits per heavy atom. The Labute approximate surface area is 95.2 Å². The van der Waals surface area contributed by atoms with Gasteiger partial charge in [-0.05, 0) is 31.9 Å². The molecule has 0 fully saturated rings. The molecule has 0 bridgehead atoms. The van der Waals surface area contributed by atoms with Gasteiger partial charge in [-0.2, -0.15) is 0 Å². The molecule has 0 saturated heterocycles. The number of aryl methyl sites for hydroxylation is 3. The Morgan fingerprint density at radius 3 is 2.44 bits per heavy atom. The zero-order valence-corrected chi connectivity index (χ0v) is 9.88. The molecule has 2 nitrogen and oxygen atoms in total. The lowest BCUT2D eigenvalue weighted by molar-refractivity contribution is 0.183. The molecule has 86 valence electrons. The molecule has 0 spiro atoms. The Hall–Kier alpha value is -1.38. The molecule has 1 heterocycles. The first-order valence-electron chi connectivity index (χ1n) is 5.47. The van der Waals surface area contributed by atoms with Crippen molar-refractivity contribution < 1.29 is 9.13 Å². The molecule has 1 aromatic carbocycles. The van der Waals surface area contributed by atoms with Crippen LogP contribution in [0.1, 0.15) is 22.3 Å². The van der Waals surface area contributed by atoms with Crippen molar-refractivity contribution in [3.8, 4) is 0 Å². The zero-order chi connectivity index (χ0) is 11.7. The van der Waals surface area contributed by atoms with Gasteiger partial charge in [-0.3, -0.25) is 0 Å². The van der Waals surface area contributed by atoms with Crippen molar-refractivity contribution in [1.82, 2.24) is 0 Å². The van der Waals surface area contributed by atoms with Gasteiger partial charge >= 0.3 is 0 Å². The summed E-state index contributed by atoms with van der Waals surface area (Å²) in [6.07, 6.45) is -0.393. The van der Waals surface area contributed by atoms with Crippen molar-refractivity contribution in [2.24, 2.45) is 4.99 Å². The summed E-state index contributed by atoms with van der Waals surface area (Å²) in [5.74, 6) is 0.595. The van der Waals surface area contributed by atoms with E-state index in [0.29, 0.717) is 12.4 Å². The van der Waals surface area contributed by atoms with Crippen molar-refractivity contribution >= 4 is 5.90 Å². The largest absolute Gasteiger partial charge is 0.469 e. The van der Waals surface area contributed by atoms with E-state index < -0.39 is 12.8 Å². The Balaban J connectivity index is 2.35. The maximum atomic E-state index is 12.5. The molecule has 1 aromatic rings. The van der Waals surface area contributed by atoms with Crippen molar-refractivity contribution in [2.75, 3.05) is 13.2 Å². The molecule has 1 atom stereocenters. The Kier molecular flexibility index (Phi) is 2.95. The average molecular weight is 221 g/mol. The van der Waals surface area contributed by atoms with Crippen LogP contribution in [0.15, 0.2) is 17.1 Å². The number of benzene rings is 1. The smallest absolute Gasteiger partial charge is 0.217 e. The Bertz CT molecular complexity index is 417. The second kappa shape index (κ2) is 4.24. The zero-order valence-electron chi connectivity index (χ0n) is 9.88. The molecule has 1 unspecified atom stereocenters. The highest BCUT2D eigenvalue weighted by molar-refractivity contribution is 5.98. The molecule has 0 saturated carbocycles. The lowest BCUT2D eigenvalue weighted by Gasteiger charge is -2.12. The summed E-state index contributed by atoms with van der Waals surface area (Å²) in [7, 11) is 0. The standard InChI is InChI=1S/C13H16FNO/c1-8-4-9(2)12(10(3)5-8)13-15-7-11(6-14)16-13/h4-5,11H,6-7H2,1-3H3. The highest BCUT2D eigenvalue weighted by Crippen LogP contribution is 2.21. The van der Waals surface area contributed by atoms with Crippen LogP contribution in [0.25, 0.3) is 0 Å². The maximum absolute atomic E-state index is 12.5. The molecule has 1 aliphatic rings. The van der Waals surface area contributed by atoms with E-state index in [4.69, 9.17) is 4.74 Å². The van der Waals surface area contributed by atoms with Crippen molar-refractivity contribution in [3.63, 3.8) is 0 Å². The quantitative estimate of drug-likeness (QED) is 0.752. The molecule has 1 aliphatic heterocycles. The maximum Gasteiger partial charge on any atom is 0.217 e. The minimum atomic E-state index is -0.475. The minimum Gasteiger partial charge on any atom is -0.469 e. The van der Waals surface area contributed by atoms with E-state index >= 15 is 0 Å². The van der Waals surface area contributed by atoms with Crippen LogP contribution in [0.4, 0.5) is 4.39 Å². The Morgan fingerprint density at radius 2 is 1.94 bits per heavy atom. The SMILES string of the molecule is Cc1cc(C)c(C2=NCC(CF)O2)c(C)c1. The molecule has 16 heavy (non-hydrogen) atoms. The summed E-state index contributed by atoms with van der Waals surface area (Å²) in [4.78, 5) is 4.26. The number of halogens is 1.